The number of hydrogen-bond donors (Lipinski definition) is 0. The smallest absolute Gasteiger partial charge is 0.311 e. The first kappa shape index (κ1) is 20.4. The van der Waals surface area contributed by atoms with E-state index >= 15 is 0 Å². The summed E-state index contributed by atoms with van der Waals surface area (Å²) in [6, 6.07) is 11.4. The zero-order chi connectivity index (χ0) is 22.4. The van der Waals surface area contributed by atoms with Gasteiger partial charge in [-0.25, -0.2) is 0 Å². The van der Waals surface area contributed by atoms with Gasteiger partial charge in [-0.15, -0.1) is 0 Å². The summed E-state index contributed by atoms with van der Waals surface area (Å²) in [6.45, 7) is 0.0733. The van der Waals surface area contributed by atoms with Crippen molar-refractivity contribution in [3.63, 3.8) is 0 Å². The maximum atomic E-state index is 12.7. The third-order valence-corrected chi connectivity index (χ3v) is 6.66. The largest absolute Gasteiger partial charge is 0.482 e. The van der Waals surface area contributed by atoms with E-state index < -0.39 is 4.92 Å². The molecule has 9 heteroatoms. The number of carbonyl (C=O) groups is 2. The van der Waals surface area contributed by atoms with Crippen molar-refractivity contribution in [3.05, 3.63) is 80.9 Å². The van der Waals surface area contributed by atoms with Gasteiger partial charge in [0.25, 0.3) is 11.8 Å². The molecule has 0 aromatic heterocycles. The molecule has 162 valence electrons. The number of rotatable bonds is 6. The fourth-order valence-corrected chi connectivity index (χ4v) is 4.97. The van der Waals surface area contributed by atoms with E-state index in [-0.39, 0.29) is 53.5 Å². The maximum absolute atomic E-state index is 12.7. The number of hydrazone groups is 1. The van der Waals surface area contributed by atoms with Gasteiger partial charge in [0.2, 0.25) is 0 Å². The third kappa shape index (κ3) is 3.36. The Morgan fingerprint density at radius 2 is 1.81 bits per heavy atom. The van der Waals surface area contributed by atoms with Crippen LogP contribution in [0, 0.1) is 33.8 Å². The lowest BCUT2D eigenvalue weighted by molar-refractivity contribution is -0.385. The lowest BCUT2D eigenvalue weighted by atomic mass is 9.85. The van der Waals surface area contributed by atoms with Crippen molar-refractivity contribution in [2.24, 2.45) is 28.8 Å². The lowest BCUT2D eigenvalue weighted by Gasteiger charge is -2.13. The Morgan fingerprint density at radius 1 is 1.12 bits per heavy atom. The van der Waals surface area contributed by atoms with Crippen LogP contribution in [0.15, 0.2) is 59.7 Å². The Morgan fingerprint density at radius 3 is 2.47 bits per heavy atom. The zero-order valence-electron chi connectivity index (χ0n) is 16.8. The summed E-state index contributed by atoms with van der Waals surface area (Å²) < 4.78 is 5.62. The van der Waals surface area contributed by atoms with Gasteiger partial charge in [0.15, 0.2) is 5.75 Å². The number of benzene rings is 2. The van der Waals surface area contributed by atoms with E-state index in [1.165, 1.54) is 18.3 Å². The van der Waals surface area contributed by atoms with Crippen molar-refractivity contribution in [2.75, 3.05) is 0 Å². The van der Waals surface area contributed by atoms with Crippen LogP contribution in [-0.2, 0) is 16.2 Å². The minimum atomic E-state index is -0.556. The minimum Gasteiger partial charge on any atom is -0.482 e. The second kappa shape index (κ2) is 7.87. The second-order valence-corrected chi connectivity index (χ2v) is 8.50. The molecule has 0 spiro atoms. The SMILES string of the molecule is O=C1C2C3C=CC(C3)C2C(=O)N1N=Cc1ccc(OCc2ccccc2Cl)c([N+](=O)[O-])c1. The highest BCUT2D eigenvalue weighted by molar-refractivity contribution is 6.31. The van der Waals surface area contributed by atoms with Crippen molar-refractivity contribution in [3.8, 4) is 5.75 Å². The lowest BCUT2D eigenvalue weighted by Crippen LogP contribution is -2.28. The predicted octanol–water partition coefficient (Wildman–Crippen LogP) is 3.97. The Hall–Kier alpha value is -3.52. The monoisotopic (exact) mass is 451 g/mol. The average molecular weight is 452 g/mol. The summed E-state index contributed by atoms with van der Waals surface area (Å²) in [6.07, 6.45) is 6.15. The summed E-state index contributed by atoms with van der Waals surface area (Å²) in [5, 5.41) is 17.0. The van der Waals surface area contributed by atoms with Crippen molar-refractivity contribution in [1.82, 2.24) is 5.01 Å². The number of allylic oxidation sites excluding steroid dienone is 2. The molecule has 1 heterocycles. The van der Waals surface area contributed by atoms with Gasteiger partial charge in [0.1, 0.15) is 6.61 Å². The molecule has 2 aromatic rings. The van der Waals surface area contributed by atoms with Gasteiger partial charge < -0.3 is 4.74 Å². The number of carbonyl (C=O) groups excluding carboxylic acids is 2. The van der Waals surface area contributed by atoms with Gasteiger partial charge in [-0.1, -0.05) is 42.0 Å². The number of hydrogen-bond acceptors (Lipinski definition) is 6. The topological polar surface area (TPSA) is 102 Å². The zero-order valence-corrected chi connectivity index (χ0v) is 17.5. The number of amides is 2. The van der Waals surface area contributed by atoms with Crippen LogP contribution in [0.3, 0.4) is 0 Å². The van der Waals surface area contributed by atoms with E-state index in [1.54, 1.807) is 30.3 Å². The molecule has 0 N–H and O–H groups in total. The van der Waals surface area contributed by atoms with Crippen LogP contribution in [0.5, 0.6) is 5.75 Å². The van der Waals surface area contributed by atoms with Crippen LogP contribution in [0.4, 0.5) is 5.69 Å². The molecular formula is C23H18ClN3O5. The first-order valence-corrected chi connectivity index (χ1v) is 10.6. The fraction of sp³-hybridized carbons (Fsp3) is 0.261. The Bertz CT molecular complexity index is 1160. The third-order valence-electron chi connectivity index (χ3n) is 6.29. The normalized spacial score (nSPS) is 25.7. The van der Waals surface area contributed by atoms with Crippen LogP contribution < -0.4 is 4.74 Å². The van der Waals surface area contributed by atoms with Gasteiger partial charge >= 0.3 is 5.69 Å². The molecule has 0 radical (unpaired) electrons. The van der Waals surface area contributed by atoms with Gasteiger partial charge in [0, 0.05) is 22.2 Å². The number of nitro benzene ring substituents is 1. The van der Waals surface area contributed by atoms with Crippen LogP contribution in [-0.4, -0.2) is 28.0 Å². The summed E-state index contributed by atoms with van der Waals surface area (Å²) in [7, 11) is 0. The van der Waals surface area contributed by atoms with Crippen molar-refractivity contribution in [1.29, 1.82) is 0 Å². The first-order chi connectivity index (χ1) is 15.4. The van der Waals surface area contributed by atoms with Crippen LogP contribution >= 0.6 is 11.6 Å². The quantitative estimate of drug-likeness (QED) is 0.217. The van der Waals surface area contributed by atoms with Gasteiger partial charge in [-0.3, -0.25) is 19.7 Å². The molecule has 2 aliphatic carbocycles. The van der Waals surface area contributed by atoms with Crippen molar-refractivity contribution < 1.29 is 19.2 Å². The molecule has 4 atom stereocenters. The van der Waals surface area contributed by atoms with Crippen LogP contribution in [0.2, 0.25) is 5.02 Å². The summed E-state index contributed by atoms with van der Waals surface area (Å²) in [5.74, 6) is -1.02. The molecular weight excluding hydrogens is 434 g/mol. The first-order valence-electron chi connectivity index (χ1n) is 10.2. The molecule has 5 rings (SSSR count). The van der Waals surface area contributed by atoms with E-state index in [4.69, 9.17) is 16.3 Å². The van der Waals surface area contributed by atoms with Gasteiger partial charge in [-0.05, 0) is 36.5 Å². The maximum Gasteiger partial charge on any atom is 0.311 e. The average Bonchev–Trinajstić information content (AvgIpc) is 3.46. The predicted molar refractivity (Wildman–Crippen MR) is 116 cm³/mol. The van der Waals surface area contributed by atoms with E-state index in [0.717, 1.165) is 11.4 Å². The Kier molecular flexibility index (Phi) is 5.01. The second-order valence-electron chi connectivity index (χ2n) is 8.10. The van der Waals surface area contributed by atoms with Crippen molar-refractivity contribution in [2.45, 2.75) is 13.0 Å². The summed E-state index contributed by atoms with van der Waals surface area (Å²) in [5.41, 5.74) is 0.828. The van der Waals surface area contributed by atoms with E-state index in [0.29, 0.717) is 16.1 Å². The highest BCUT2D eigenvalue weighted by atomic mass is 35.5. The number of imide groups is 1. The molecule has 32 heavy (non-hydrogen) atoms. The highest BCUT2D eigenvalue weighted by Gasteiger charge is 2.59. The molecule has 1 saturated carbocycles. The summed E-state index contributed by atoms with van der Waals surface area (Å²) >= 11 is 6.11. The molecule has 1 aliphatic heterocycles. The minimum absolute atomic E-state index is 0.0733. The molecule has 2 aromatic carbocycles. The van der Waals surface area contributed by atoms with Crippen LogP contribution in [0.1, 0.15) is 17.5 Å². The molecule has 2 fully saturated rings. The molecule has 1 saturated heterocycles. The highest BCUT2D eigenvalue weighted by Crippen LogP contribution is 2.52. The number of nitrogens with zero attached hydrogens (tertiary/aromatic N) is 3. The number of ether oxygens (including phenoxy) is 1. The molecule has 8 nitrogen and oxygen atoms in total. The number of halogens is 1. The number of nitro groups is 1. The Labute approximate surface area is 188 Å². The molecule has 2 amide bonds. The molecule has 3 aliphatic rings. The van der Waals surface area contributed by atoms with E-state index in [2.05, 4.69) is 5.10 Å². The molecule has 4 unspecified atom stereocenters. The summed E-state index contributed by atoms with van der Waals surface area (Å²) in [4.78, 5) is 36.4. The fourth-order valence-electron chi connectivity index (χ4n) is 4.78. The Balaban J connectivity index is 1.33. The van der Waals surface area contributed by atoms with Gasteiger partial charge in [0.05, 0.1) is 23.0 Å². The number of fused-ring (bicyclic) bond motifs is 5. The van der Waals surface area contributed by atoms with E-state index in [9.17, 15) is 19.7 Å². The van der Waals surface area contributed by atoms with Crippen LogP contribution in [0.25, 0.3) is 0 Å². The van der Waals surface area contributed by atoms with Crippen molar-refractivity contribution >= 4 is 35.3 Å². The van der Waals surface area contributed by atoms with Gasteiger partial charge in [-0.2, -0.15) is 10.1 Å². The van der Waals surface area contributed by atoms with E-state index in [1.807, 2.05) is 12.2 Å². The standard InChI is InChI=1S/C23H18ClN3O5/c24-17-4-2-1-3-16(17)12-32-19-8-5-13(9-18(19)27(30)31)11-25-26-22(28)20-14-6-7-15(10-14)21(20)23(26)29/h1-9,11,14-15,20-21H,10,12H2. The molecule has 2 bridgehead atoms.